The number of likely N-dealkylation sites (tertiary alicyclic amines) is 1. The molecule has 1 amide bonds. The molecule has 1 spiro atoms. The molecule has 0 unspecified atom stereocenters. The third-order valence-electron chi connectivity index (χ3n) is 5.76. The van der Waals surface area contributed by atoms with Crippen LogP contribution < -0.4 is 0 Å². The Morgan fingerprint density at radius 3 is 2.52 bits per heavy atom. The third-order valence-corrected chi connectivity index (χ3v) is 5.76. The van der Waals surface area contributed by atoms with Crippen molar-refractivity contribution in [2.24, 2.45) is 0 Å². The van der Waals surface area contributed by atoms with Crippen molar-refractivity contribution in [1.82, 2.24) is 19.9 Å². The minimum Gasteiger partial charge on any atom is -0.337 e. The monoisotopic (exact) mass is 356 g/mol. The van der Waals surface area contributed by atoms with Crippen LogP contribution in [0.2, 0.25) is 0 Å². The van der Waals surface area contributed by atoms with Gasteiger partial charge in [-0.2, -0.15) is 0 Å². The van der Waals surface area contributed by atoms with E-state index in [1.807, 2.05) is 35.2 Å². The Balaban J connectivity index is 1.31. The number of piperidine rings is 1. The Morgan fingerprint density at radius 1 is 0.963 bits per heavy atom. The number of aromatic nitrogens is 3. The maximum atomic E-state index is 12.9. The normalized spacial score (nSPS) is 17.3. The van der Waals surface area contributed by atoms with E-state index in [0.29, 0.717) is 5.69 Å². The Kier molecular flexibility index (Phi) is 3.67. The lowest BCUT2D eigenvalue weighted by Crippen LogP contribution is -2.44. The molecule has 27 heavy (non-hydrogen) atoms. The van der Waals surface area contributed by atoms with Crippen LogP contribution in [-0.2, 0) is 5.41 Å². The van der Waals surface area contributed by atoms with Gasteiger partial charge in [-0.05, 0) is 36.1 Å². The minimum absolute atomic E-state index is 0.0395. The number of nitrogens with zero attached hydrogens (tertiary/aromatic N) is 4. The van der Waals surface area contributed by atoms with Crippen molar-refractivity contribution in [3.63, 3.8) is 0 Å². The molecule has 0 atom stereocenters. The average Bonchev–Trinajstić information content (AvgIpc) is 3.36. The molecule has 0 N–H and O–H groups in total. The van der Waals surface area contributed by atoms with Gasteiger partial charge in [0.1, 0.15) is 0 Å². The molecule has 5 heteroatoms. The molecule has 5 rings (SSSR count). The number of carbonyl (C=O) groups excluding carboxylic acids is 1. The molecule has 0 saturated carbocycles. The first-order valence-corrected chi connectivity index (χ1v) is 9.31. The van der Waals surface area contributed by atoms with E-state index in [9.17, 15) is 4.79 Å². The van der Waals surface area contributed by atoms with Crippen LogP contribution in [0.15, 0.2) is 66.9 Å². The van der Waals surface area contributed by atoms with E-state index in [-0.39, 0.29) is 11.3 Å². The van der Waals surface area contributed by atoms with Crippen LogP contribution in [0.3, 0.4) is 0 Å². The standard InChI is InChI=1S/C22H20N4O/c27-21(20-16-26(24-23-20)18-7-2-1-3-8-18)25-14-12-22(13-15-25)11-10-17-6-4-5-9-19(17)22/h1-11,16H,12-15H2. The second-order valence-electron chi connectivity index (χ2n) is 7.25. The van der Waals surface area contributed by atoms with E-state index in [1.165, 1.54) is 11.1 Å². The zero-order valence-electron chi connectivity index (χ0n) is 15.0. The molecule has 2 aliphatic rings. The molecule has 3 aromatic rings. The maximum Gasteiger partial charge on any atom is 0.276 e. The molecular formula is C22H20N4O. The predicted octanol–water partition coefficient (Wildman–Crippen LogP) is 3.47. The zero-order chi connectivity index (χ0) is 18.3. The molecule has 1 fully saturated rings. The largest absolute Gasteiger partial charge is 0.337 e. The number of amides is 1. The molecule has 1 aromatic heterocycles. The Labute approximate surface area is 157 Å². The van der Waals surface area contributed by atoms with Crippen LogP contribution >= 0.6 is 0 Å². The number of rotatable bonds is 2. The second kappa shape index (κ2) is 6.20. The van der Waals surface area contributed by atoms with Gasteiger partial charge in [0.15, 0.2) is 5.69 Å². The fourth-order valence-electron chi connectivity index (χ4n) is 4.21. The number of hydrogen-bond acceptors (Lipinski definition) is 3. The fraction of sp³-hybridized carbons (Fsp3) is 0.227. The highest BCUT2D eigenvalue weighted by atomic mass is 16.2. The SMILES string of the molecule is O=C(c1cn(-c2ccccc2)nn1)N1CCC2(C=Cc3ccccc32)CC1. The van der Waals surface area contributed by atoms with Crippen molar-refractivity contribution in [3.05, 3.63) is 83.7 Å². The van der Waals surface area contributed by atoms with Gasteiger partial charge in [-0.1, -0.05) is 59.8 Å². The molecule has 1 aliphatic carbocycles. The van der Waals surface area contributed by atoms with Crippen LogP contribution in [0.1, 0.15) is 34.5 Å². The van der Waals surface area contributed by atoms with Crippen molar-refractivity contribution in [2.75, 3.05) is 13.1 Å². The van der Waals surface area contributed by atoms with Crippen LogP contribution in [0.25, 0.3) is 11.8 Å². The topological polar surface area (TPSA) is 51.0 Å². The summed E-state index contributed by atoms with van der Waals surface area (Å²) < 4.78 is 1.65. The summed E-state index contributed by atoms with van der Waals surface area (Å²) in [5.74, 6) is -0.0395. The van der Waals surface area contributed by atoms with Gasteiger partial charge in [-0.3, -0.25) is 4.79 Å². The Bertz CT molecular complexity index is 1010. The molecule has 0 radical (unpaired) electrons. The minimum atomic E-state index is -0.0395. The van der Waals surface area contributed by atoms with Crippen molar-refractivity contribution in [2.45, 2.75) is 18.3 Å². The highest BCUT2D eigenvalue weighted by molar-refractivity contribution is 5.92. The summed E-state index contributed by atoms with van der Waals surface area (Å²) in [7, 11) is 0. The van der Waals surface area contributed by atoms with Crippen molar-refractivity contribution < 1.29 is 4.79 Å². The lowest BCUT2D eigenvalue weighted by atomic mass is 9.74. The first kappa shape index (κ1) is 16.0. The van der Waals surface area contributed by atoms with E-state index < -0.39 is 0 Å². The Morgan fingerprint density at radius 2 is 1.70 bits per heavy atom. The highest BCUT2D eigenvalue weighted by Crippen LogP contribution is 2.43. The lowest BCUT2D eigenvalue weighted by molar-refractivity contribution is 0.0684. The summed E-state index contributed by atoms with van der Waals surface area (Å²) in [6.45, 7) is 1.46. The summed E-state index contributed by atoms with van der Waals surface area (Å²) in [4.78, 5) is 14.8. The Hall–Kier alpha value is -3.21. The second-order valence-corrected chi connectivity index (χ2v) is 7.25. The molecular weight excluding hydrogens is 336 g/mol. The first-order chi connectivity index (χ1) is 13.3. The molecule has 134 valence electrons. The van der Waals surface area contributed by atoms with Gasteiger partial charge in [-0.15, -0.1) is 5.10 Å². The maximum absolute atomic E-state index is 12.9. The lowest BCUT2D eigenvalue weighted by Gasteiger charge is -2.39. The van der Waals surface area contributed by atoms with Gasteiger partial charge in [0, 0.05) is 18.5 Å². The van der Waals surface area contributed by atoms with Gasteiger partial charge in [0.2, 0.25) is 0 Å². The molecule has 2 aromatic carbocycles. The number of benzene rings is 2. The smallest absolute Gasteiger partial charge is 0.276 e. The van der Waals surface area contributed by atoms with E-state index in [2.05, 4.69) is 46.7 Å². The van der Waals surface area contributed by atoms with E-state index in [4.69, 9.17) is 0 Å². The fourth-order valence-corrected chi connectivity index (χ4v) is 4.21. The van der Waals surface area contributed by atoms with Crippen LogP contribution in [0.5, 0.6) is 0 Å². The summed E-state index contributed by atoms with van der Waals surface area (Å²) in [5, 5.41) is 8.21. The van der Waals surface area contributed by atoms with E-state index >= 15 is 0 Å². The summed E-state index contributed by atoms with van der Waals surface area (Å²) in [5.41, 5.74) is 4.08. The highest BCUT2D eigenvalue weighted by Gasteiger charge is 2.39. The number of hydrogen-bond donors (Lipinski definition) is 0. The van der Waals surface area contributed by atoms with Crippen LogP contribution in [-0.4, -0.2) is 38.9 Å². The van der Waals surface area contributed by atoms with E-state index in [1.54, 1.807) is 10.9 Å². The number of fused-ring (bicyclic) bond motifs is 2. The first-order valence-electron chi connectivity index (χ1n) is 9.31. The average molecular weight is 356 g/mol. The molecule has 1 saturated heterocycles. The summed E-state index contributed by atoms with van der Waals surface area (Å²) >= 11 is 0. The summed E-state index contributed by atoms with van der Waals surface area (Å²) in [6.07, 6.45) is 8.15. The molecule has 1 aliphatic heterocycles. The van der Waals surface area contributed by atoms with Crippen molar-refractivity contribution in [3.8, 4) is 5.69 Å². The molecule has 0 bridgehead atoms. The zero-order valence-corrected chi connectivity index (χ0v) is 15.0. The predicted molar refractivity (Wildman–Crippen MR) is 104 cm³/mol. The van der Waals surface area contributed by atoms with Gasteiger partial charge < -0.3 is 4.90 Å². The van der Waals surface area contributed by atoms with Gasteiger partial charge in [0.25, 0.3) is 5.91 Å². The quantitative estimate of drug-likeness (QED) is 0.706. The van der Waals surface area contributed by atoms with Gasteiger partial charge >= 0.3 is 0 Å². The number of allylic oxidation sites excluding steroid dienone is 1. The van der Waals surface area contributed by atoms with Crippen molar-refractivity contribution >= 4 is 12.0 Å². The number of para-hydroxylation sites is 1. The number of carbonyl (C=O) groups is 1. The van der Waals surface area contributed by atoms with Crippen LogP contribution in [0.4, 0.5) is 0 Å². The summed E-state index contributed by atoms with van der Waals surface area (Å²) in [6, 6.07) is 18.3. The van der Waals surface area contributed by atoms with Crippen molar-refractivity contribution in [1.29, 1.82) is 0 Å². The third kappa shape index (κ3) is 2.67. The van der Waals surface area contributed by atoms with Gasteiger partial charge in [-0.25, -0.2) is 4.68 Å². The van der Waals surface area contributed by atoms with Crippen LogP contribution in [0, 0.1) is 0 Å². The van der Waals surface area contributed by atoms with Gasteiger partial charge in [0.05, 0.1) is 11.9 Å². The molecule has 5 nitrogen and oxygen atoms in total. The molecule has 2 heterocycles. The van der Waals surface area contributed by atoms with E-state index in [0.717, 1.165) is 31.6 Å².